The maximum Gasteiger partial charge on any atom is 0.251 e. The second kappa shape index (κ2) is 6.56. The van der Waals surface area contributed by atoms with E-state index >= 15 is 0 Å². The lowest BCUT2D eigenvalue weighted by Crippen LogP contribution is -2.37. The number of hydrogen-bond donors (Lipinski definition) is 1. The van der Waals surface area contributed by atoms with Crippen molar-refractivity contribution in [2.24, 2.45) is 5.41 Å². The molecule has 1 saturated carbocycles. The lowest BCUT2D eigenvalue weighted by atomic mass is 9.88. The van der Waals surface area contributed by atoms with Crippen LogP contribution >= 0.6 is 15.9 Å². The fraction of sp³-hybridized carbons (Fsp3) is 0.562. The van der Waals surface area contributed by atoms with Gasteiger partial charge in [0.25, 0.3) is 5.91 Å². The van der Waals surface area contributed by atoms with Gasteiger partial charge in [-0.3, -0.25) is 4.79 Å². The van der Waals surface area contributed by atoms with Crippen molar-refractivity contribution in [1.82, 2.24) is 5.32 Å². The molecule has 2 nitrogen and oxygen atoms in total. The zero-order chi connectivity index (χ0) is 13.7. The van der Waals surface area contributed by atoms with Crippen LogP contribution in [0.3, 0.4) is 0 Å². The highest BCUT2D eigenvalue weighted by Gasteiger charge is 2.33. The summed E-state index contributed by atoms with van der Waals surface area (Å²) in [6.07, 6.45) is 5.90. The van der Waals surface area contributed by atoms with E-state index in [0.717, 1.165) is 29.4 Å². The number of nitrogens with one attached hydrogen (secondary N) is 1. The Balaban J connectivity index is 2.01. The maximum atomic E-state index is 12.3. The molecule has 0 atom stereocenters. The number of halogens is 1. The largest absolute Gasteiger partial charge is 0.351 e. The monoisotopic (exact) mass is 323 g/mol. The average Bonchev–Trinajstić information content (AvgIpc) is 2.94. The average molecular weight is 324 g/mol. The molecule has 1 aliphatic carbocycles. The number of amides is 1. The van der Waals surface area contributed by atoms with Crippen LogP contribution in [-0.4, -0.2) is 17.8 Å². The van der Waals surface area contributed by atoms with E-state index in [1.165, 1.54) is 25.7 Å². The van der Waals surface area contributed by atoms with Gasteiger partial charge in [0.15, 0.2) is 0 Å². The predicted molar refractivity (Wildman–Crippen MR) is 82.8 cm³/mol. The normalized spacial score (nSPS) is 17.4. The number of hydrogen-bond acceptors (Lipinski definition) is 1. The van der Waals surface area contributed by atoms with E-state index in [0.29, 0.717) is 0 Å². The highest BCUT2D eigenvalue weighted by molar-refractivity contribution is 9.09. The van der Waals surface area contributed by atoms with E-state index in [-0.39, 0.29) is 11.3 Å². The third kappa shape index (κ3) is 3.38. The molecular formula is C16H22BrNO. The SMILES string of the molecule is CCc1ccccc1C(=O)NCC1(CBr)CCCC1. The van der Waals surface area contributed by atoms with Crippen molar-refractivity contribution >= 4 is 21.8 Å². The first kappa shape index (κ1) is 14.6. The number of carbonyl (C=O) groups is 1. The molecular weight excluding hydrogens is 302 g/mol. The van der Waals surface area contributed by atoms with Crippen molar-refractivity contribution in [3.8, 4) is 0 Å². The Labute approximate surface area is 124 Å². The minimum Gasteiger partial charge on any atom is -0.351 e. The quantitative estimate of drug-likeness (QED) is 0.817. The van der Waals surface area contributed by atoms with E-state index in [4.69, 9.17) is 0 Å². The summed E-state index contributed by atoms with van der Waals surface area (Å²) in [4.78, 5) is 12.3. The third-order valence-corrected chi connectivity index (χ3v) is 5.40. The Kier molecular flexibility index (Phi) is 5.03. The highest BCUT2D eigenvalue weighted by Crippen LogP contribution is 2.39. The van der Waals surface area contributed by atoms with Crippen molar-refractivity contribution in [2.75, 3.05) is 11.9 Å². The molecule has 1 aromatic carbocycles. The van der Waals surface area contributed by atoms with Crippen molar-refractivity contribution < 1.29 is 4.79 Å². The lowest BCUT2D eigenvalue weighted by Gasteiger charge is -2.26. The van der Waals surface area contributed by atoms with E-state index < -0.39 is 0 Å². The predicted octanol–water partition coefficient (Wildman–Crippen LogP) is 3.93. The van der Waals surface area contributed by atoms with Gasteiger partial charge in [0.2, 0.25) is 0 Å². The summed E-state index contributed by atoms with van der Waals surface area (Å²) in [6.45, 7) is 2.87. The molecule has 1 amide bonds. The van der Waals surface area contributed by atoms with Crippen molar-refractivity contribution in [1.29, 1.82) is 0 Å². The molecule has 0 bridgehead atoms. The molecule has 0 spiro atoms. The minimum atomic E-state index is 0.0738. The Morgan fingerprint density at radius 1 is 1.32 bits per heavy atom. The van der Waals surface area contributed by atoms with E-state index in [1.807, 2.05) is 24.3 Å². The zero-order valence-electron chi connectivity index (χ0n) is 11.5. The highest BCUT2D eigenvalue weighted by atomic mass is 79.9. The Morgan fingerprint density at radius 3 is 2.63 bits per heavy atom. The van der Waals surface area contributed by atoms with Gasteiger partial charge >= 0.3 is 0 Å². The molecule has 104 valence electrons. The maximum absolute atomic E-state index is 12.3. The molecule has 0 aromatic heterocycles. The molecule has 3 heteroatoms. The first-order valence-electron chi connectivity index (χ1n) is 7.13. The molecule has 0 saturated heterocycles. The fourth-order valence-electron chi connectivity index (χ4n) is 2.90. The Bertz CT molecular complexity index is 438. The summed E-state index contributed by atoms with van der Waals surface area (Å²) >= 11 is 3.62. The molecule has 1 N–H and O–H groups in total. The van der Waals surface area contributed by atoms with Crippen LogP contribution in [0, 0.1) is 5.41 Å². The van der Waals surface area contributed by atoms with Crippen LogP contribution in [0.4, 0.5) is 0 Å². The summed E-state index contributed by atoms with van der Waals surface area (Å²) in [6, 6.07) is 7.88. The van der Waals surface area contributed by atoms with Crippen LogP contribution in [0.1, 0.15) is 48.5 Å². The molecule has 0 unspecified atom stereocenters. The second-order valence-corrected chi connectivity index (χ2v) is 6.09. The van der Waals surface area contributed by atoms with Gasteiger partial charge in [0, 0.05) is 17.4 Å². The first-order chi connectivity index (χ1) is 9.21. The van der Waals surface area contributed by atoms with Crippen LogP contribution in [-0.2, 0) is 6.42 Å². The van der Waals surface area contributed by atoms with Gasteiger partial charge in [-0.15, -0.1) is 0 Å². The number of benzene rings is 1. The second-order valence-electron chi connectivity index (χ2n) is 5.53. The summed E-state index contributed by atoms with van der Waals surface area (Å²) in [5.74, 6) is 0.0738. The Hall–Kier alpha value is -0.830. The molecule has 1 aliphatic rings. The van der Waals surface area contributed by atoms with Gasteiger partial charge in [-0.25, -0.2) is 0 Å². The van der Waals surface area contributed by atoms with Gasteiger partial charge in [-0.1, -0.05) is 53.9 Å². The standard InChI is InChI=1S/C16H22BrNO/c1-2-13-7-3-4-8-14(13)15(19)18-12-16(11-17)9-5-6-10-16/h3-4,7-8H,2,5-6,9-12H2,1H3,(H,18,19). The summed E-state index contributed by atoms with van der Waals surface area (Å²) in [7, 11) is 0. The summed E-state index contributed by atoms with van der Waals surface area (Å²) in [5, 5.41) is 4.12. The molecule has 1 aromatic rings. The van der Waals surface area contributed by atoms with Gasteiger partial charge in [-0.2, -0.15) is 0 Å². The van der Waals surface area contributed by atoms with E-state index in [9.17, 15) is 4.79 Å². The van der Waals surface area contributed by atoms with Crippen molar-refractivity contribution in [3.63, 3.8) is 0 Å². The minimum absolute atomic E-state index is 0.0738. The molecule has 19 heavy (non-hydrogen) atoms. The van der Waals surface area contributed by atoms with Crippen molar-refractivity contribution in [2.45, 2.75) is 39.0 Å². The van der Waals surface area contributed by atoms with Crippen LogP contribution in [0.25, 0.3) is 0 Å². The zero-order valence-corrected chi connectivity index (χ0v) is 13.1. The van der Waals surface area contributed by atoms with Gasteiger partial charge in [0.05, 0.1) is 0 Å². The number of aryl methyl sites for hydroxylation is 1. The van der Waals surface area contributed by atoms with E-state index in [2.05, 4.69) is 28.2 Å². The van der Waals surface area contributed by atoms with Crippen LogP contribution in [0.15, 0.2) is 24.3 Å². The lowest BCUT2D eigenvalue weighted by molar-refractivity contribution is 0.0934. The van der Waals surface area contributed by atoms with Gasteiger partial charge < -0.3 is 5.32 Å². The van der Waals surface area contributed by atoms with Crippen LogP contribution in [0.2, 0.25) is 0 Å². The van der Waals surface area contributed by atoms with Gasteiger partial charge in [0.1, 0.15) is 0 Å². The molecule has 0 heterocycles. The summed E-state index contributed by atoms with van der Waals surface area (Å²) in [5.41, 5.74) is 2.23. The topological polar surface area (TPSA) is 29.1 Å². The van der Waals surface area contributed by atoms with Crippen LogP contribution in [0.5, 0.6) is 0 Å². The van der Waals surface area contributed by atoms with Crippen LogP contribution < -0.4 is 5.32 Å². The molecule has 1 fully saturated rings. The Morgan fingerprint density at radius 2 is 2.00 bits per heavy atom. The number of rotatable bonds is 5. The number of carbonyl (C=O) groups excluding carboxylic acids is 1. The molecule has 0 radical (unpaired) electrons. The molecule has 0 aliphatic heterocycles. The molecule has 2 rings (SSSR count). The number of alkyl halides is 1. The van der Waals surface area contributed by atoms with Gasteiger partial charge in [-0.05, 0) is 36.3 Å². The third-order valence-electron chi connectivity index (χ3n) is 4.21. The smallest absolute Gasteiger partial charge is 0.251 e. The summed E-state index contributed by atoms with van der Waals surface area (Å²) < 4.78 is 0. The van der Waals surface area contributed by atoms with E-state index in [1.54, 1.807) is 0 Å². The first-order valence-corrected chi connectivity index (χ1v) is 8.25. The fourth-order valence-corrected chi connectivity index (χ4v) is 3.65. The van der Waals surface area contributed by atoms with Crippen molar-refractivity contribution in [3.05, 3.63) is 35.4 Å².